The molecule has 3 aromatic rings. The van der Waals surface area contributed by atoms with Crippen LogP contribution in [0.3, 0.4) is 0 Å². The summed E-state index contributed by atoms with van der Waals surface area (Å²) in [5.74, 6) is 0.736. The fourth-order valence-electron chi connectivity index (χ4n) is 3.62. The van der Waals surface area contributed by atoms with E-state index in [1.807, 2.05) is 22.2 Å². The minimum absolute atomic E-state index is 0.0511. The Labute approximate surface area is 199 Å². The van der Waals surface area contributed by atoms with Gasteiger partial charge in [-0.3, -0.25) is 19.6 Å². The molecule has 1 amide bonds. The summed E-state index contributed by atoms with van der Waals surface area (Å²) >= 11 is 1.24. The summed E-state index contributed by atoms with van der Waals surface area (Å²) < 4.78 is 14.7. The van der Waals surface area contributed by atoms with Gasteiger partial charge in [0.05, 0.1) is 42.2 Å². The molecule has 1 aliphatic rings. The van der Waals surface area contributed by atoms with Crippen LogP contribution in [0.25, 0.3) is 0 Å². The van der Waals surface area contributed by atoms with Crippen LogP contribution in [-0.2, 0) is 22.6 Å². The second kappa shape index (κ2) is 10.7. The number of hydrogen-bond acceptors (Lipinski definition) is 9. The van der Waals surface area contributed by atoms with Gasteiger partial charge in [0.15, 0.2) is 11.0 Å². The van der Waals surface area contributed by atoms with Crippen LogP contribution in [-0.4, -0.2) is 60.9 Å². The van der Waals surface area contributed by atoms with E-state index in [4.69, 9.17) is 9.47 Å². The number of ether oxygens (including phenoxy) is 2. The Kier molecular flexibility index (Phi) is 7.43. The number of methoxy groups -OCH3 is 1. The number of nitro benzene ring substituents is 1. The summed E-state index contributed by atoms with van der Waals surface area (Å²) in [6.45, 7) is 3.75. The third-order valence-electron chi connectivity index (χ3n) is 5.38. The number of amides is 1. The Morgan fingerprint density at radius 1 is 1.38 bits per heavy atom. The maximum atomic E-state index is 12.6. The van der Waals surface area contributed by atoms with Crippen molar-refractivity contribution in [3.05, 3.63) is 52.1 Å². The molecule has 12 nitrogen and oxygen atoms in total. The standard InChI is InChI=1S/C21H25N7O5S/c1-14-5-6-22-27(14)12-19-24-25-21(26(19)11-17-4-3-7-33-17)34-13-20(29)23-15-8-16(28(30)31)10-18(9-15)32-2/h5-6,8-10,17H,3-4,7,11-13H2,1-2H3,(H,23,29)/t17-/m0/s1. The van der Waals surface area contributed by atoms with Gasteiger partial charge in [0.2, 0.25) is 5.91 Å². The molecule has 180 valence electrons. The zero-order chi connectivity index (χ0) is 24.1. The molecule has 1 saturated heterocycles. The van der Waals surface area contributed by atoms with Crippen LogP contribution >= 0.6 is 11.8 Å². The highest BCUT2D eigenvalue weighted by atomic mass is 32.2. The van der Waals surface area contributed by atoms with Gasteiger partial charge in [-0.2, -0.15) is 5.10 Å². The molecule has 0 radical (unpaired) electrons. The second-order valence-electron chi connectivity index (χ2n) is 7.79. The molecule has 2 aromatic heterocycles. The van der Waals surface area contributed by atoms with Crippen molar-refractivity contribution in [3.63, 3.8) is 0 Å². The third-order valence-corrected chi connectivity index (χ3v) is 6.34. The van der Waals surface area contributed by atoms with Gasteiger partial charge in [0.25, 0.3) is 5.69 Å². The van der Waals surface area contributed by atoms with Gasteiger partial charge in [-0.25, -0.2) is 0 Å². The zero-order valence-electron chi connectivity index (χ0n) is 18.8. The van der Waals surface area contributed by atoms with Crippen molar-refractivity contribution in [2.45, 2.75) is 44.1 Å². The number of aromatic nitrogens is 5. The molecule has 0 saturated carbocycles. The van der Waals surface area contributed by atoms with Crippen molar-refractivity contribution in [1.82, 2.24) is 24.5 Å². The van der Waals surface area contributed by atoms with Crippen LogP contribution in [0.1, 0.15) is 24.4 Å². The fraction of sp³-hybridized carbons (Fsp3) is 0.429. The smallest absolute Gasteiger partial charge is 0.275 e. The normalized spacial score (nSPS) is 15.4. The first-order chi connectivity index (χ1) is 16.4. The largest absolute Gasteiger partial charge is 0.496 e. The zero-order valence-corrected chi connectivity index (χ0v) is 19.7. The number of anilines is 1. The van der Waals surface area contributed by atoms with E-state index in [9.17, 15) is 14.9 Å². The van der Waals surface area contributed by atoms with E-state index >= 15 is 0 Å². The first-order valence-corrected chi connectivity index (χ1v) is 11.7. The lowest BCUT2D eigenvalue weighted by Crippen LogP contribution is -2.20. The lowest BCUT2D eigenvalue weighted by molar-refractivity contribution is -0.384. The Morgan fingerprint density at radius 3 is 2.91 bits per heavy atom. The molecule has 1 aliphatic heterocycles. The monoisotopic (exact) mass is 487 g/mol. The molecule has 0 bridgehead atoms. The van der Waals surface area contributed by atoms with Crippen molar-refractivity contribution >= 4 is 29.0 Å². The minimum atomic E-state index is -0.538. The number of rotatable bonds is 10. The number of aryl methyl sites for hydroxylation is 1. The van der Waals surface area contributed by atoms with Crippen LogP contribution in [0.4, 0.5) is 11.4 Å². The lowest BCUT2D eigenvalue weighted by Gasteiger charge is -2.15. The summed E-state index contributed by atoms with van der Waals surface area (Å²) in [6, 6.07) is 6.03. The third kappa shape index (κ3) is 5.72. The predicted octanol–water partition coefficient (Wildman–Crippen LogP) is 2.66. The van der Waals surface area contributed by atoms with E-state index in [1.165, 1.54) is 37.1 Å². The van der Waals surface area contributed by atoms with Crippen molar-refractivity contribution in [1.29, 1.82) is 0 Å². The van der Waals surface area contributed by atoms with E-state index in [0.717, 1.165) is 31.0 Å². The fourth-order valence-corrected chi connectivity index (χ4v) is 4.39. The highest BCUT2D eigenvalue weighted by Gasteiger charge is 2.22. The van der Waals surface area contributed by atoms with Crippen molar-refractivity contribution in [2.24, 2.45) is 0 Å². The molecule has 13 heteroatoms. The van der Waals surface area contributed by atoms with Crippen LogP contribution in [0.15, 0.2) is 35.6 Å². The van der Waals surface area contributed by atoms with Gasteiger partial charge in [0.1, 0.15) is 12.3 Å². The Morgan fingerprint density at radius 2 is 2.24 bits per heavy atom. The summed E-state index contributed by atoms with van der Waals surface area (Å²) in [5.41, 5.74) is 1.12. The van der Waals surface area contributed by atoms with E-state index in [0.29, 0.717) is 18.2 Å². The highest BCUT2D eigenvalue weighted by Crippen LogP contribution is 2.27. The minimum Gasteiger partial charge on any atom is -0.496 e. The molecule has 1 N–H and O–H groups in total. The van der Waals surface area contributed by atoms with Crippen LogP contribution in [0.2, 0.25) is 0 Å². The lowest BCUT2D eigenvalue weighted by atomic mass is 10.2. The summed E-state index contributed by atoms with van der Waals surface area (Å²) in [6.07, 6.45) is 3.77. The van der Waals surface area contributed by atoms with Gasteiger partial charge >= 0.3 is 0 Å². The van der Waals surface area contributed by atoms with E-state index in [1.54, 1.807) is 6.20 Å². The first-order valence-electron chi connectivity index (χ1n) is 10.7. The van der Waals surface area contributed by atoms with Crippen molar-refractivity contribution < 1.29 is 19.2 Å². The summed E-state index contributed by atoms with van der Waals surface area (Å²) in [5, 5.41) is 27.4. The molecule has 34 heavy (non-hydrogen) atoms. The molecule has 1 aromatic carbocycles. The number of thioether (sulfide) groups is 1. The molecule has 3 heterocycles. The Hall–Kier alpha value is -3.45. The maximum absolute atomic E-state index is 12.6. The van der Waals surface area contributed by atoms with Crippen molar-refractivity contribution in [2.75, 3.05) is 24.8 Å². The topological polar surface area (TPSA) is 139 Å². The molecule has 1 fully saturated rings. The van der Waals surface area contributed by atoms with E-state index in [2.05, 4.69) is 20.6 Å². The number of hydrogen-bond donors (Lipinski definition) is 1. The SMILES string of the molecule is COc1cc(NC(=O)CSc2nnc(Cn3nccc3C)n2C[C@@H]2CCCO2)cc([N+](=O)[O-])c1. The first kappa shape index (κ1) is 23.7. The number of non-ortho nitro benzene ring substituents is 1. The van der Waals surface area contributed by atoms with Crippen molar-refractivity contribution in [3.8, 4) is 5.75 Å². The van der Waals surface area contributed by atoms with E-state index in [-0.39, 0.29) is 34.9 Å². The second-order valence-corrected chi connectivity index (χ2v) is 8.73. The van der Waals surface area contributed by atoms with Crippen LogP contribution < -0.4 is 10.1 Å². The van der Waals surface area contributed by atoms with Gasteiger partial charge in [-0.1, -0.05) is 11.8 Å². The number of nitro groups is 1. The van der Waals surface area contributed by atoms with Gasteiger partial charge < -0.3 is 19.4 Å². The molecule has 4 rings (SSSR count). The predicted molar refractivity (Wildman–Crippen MR) is 124 cm³/mol. The molecule has 0 unspecified atom stereocenters. The van der Waals surface area contributed by atoms with Crippen LogP contribution in [0, 0.1) is 17.0 Å². The number of carbonyl (C=O) groups excluding carboxylic acids is 1. The number of nitrogens with zero attached hydrogens (tertiary/aromatic N) is 6. The summed E-state index contributed by atoms with van der Waals surface area (Å²) in [7, 11) is 1.41. The maximum Gasteiger partial charge on any atom is 0.275 e. The van der Waals surface area contributed by atoms with Gasteiger partial charge in [0, 0.05) is 30.6 Å². The Balaban J connectivity index is 1.46. The van der Waals surface area contributed by atoms with Gasteiger partial charge in [-0.15, -0.1) is 10.2 Å². The Bertz CT molecular complexity index is 1170. The average Bonchev–Trinajstić information content (AvgIpc) is 3.56. The van der Waals surface area contributed by atoms with Gasteiger partial charge in [-0.05, 0) is 25.8 Å². The van der Waals surface area contributed by atoms with E-state index < -0.39 is 4.92 Å². The molecule has 0 aliphatic carbocycles. The number of carbonyl (C=O) groups is 1. The average molecular weight is 488 g/mol. The molecule has 1 atom stereocenters. The van der Waals surface area contributed by atoms with Crippen LogP contribution in [0.5, 0.6) is 5.75 Å². The highest BCUT2D eigenvalue weighted by molar-refractivity contribution is 7.99. The molecular weight excluding hydrogens is 462 g/mol. The molecular formula is C21H25N7O5S. The number of benzene rings is 1. The molecule has 0 spiro atoms. The quantitative estimate of drug-likeness (QED) is 0.260. The summed E-state index contributed by atoms with van der Waals surface area (Å²) in [4.78, 5) is 23.2. The number of nitrogens with one attached hydrogen (secondary N) is 1.